The van der Waals surface area contributed by atoms with Crippen LogP contribution < -0.4 is 9.47 Å². The second-order valence-corrected chi connectivity index (χ2v) is 7.13. The van der Waals surface area contributed by atoms with E-state index in [0.29, 0.717) is 17.1 Å². The van der Waals surface area contributed by atoms with Gasteiger partial charge in [0.2, 0.25) is 0 Å². The van der Waals surface area contributed by atoms with Crippen LogP contribution in [0.25, 0.3) is 5.76 Å². The lowest BCUT2D eigenvalue weighted by Gasteiger charge is -2.25. The molecule has 1 aromatic heterocycles. The third-order valence-corrected chi connectivity index (χ3v) is 5.27. The number of ether oxygens (including phenoxy) is 2. The Kier molecular flexibility index (Phi) is 5.68. The lowest BCUT2D eigenvalue weighted by molar-refractivity contribution is -0.140. The summed E-state index contributed by atoms with van der Waals surface area (Å²) < 4.78 is 29.8. The van der Waals surface area contributed by atoms with Gasteiger partial charge in [-0.2, -0.15) is 0 Å². The molecule has 1 amide bonds. The number of hydrogen-bond donors (Lipinski definition) is 1. The molecular formula is C24H20FNO6. The fraction of sp³-hybridized carbons (Fsp3) is 0.167. The van der Waals surface area contributed by atoms with Crippen molar-refractivity contribution in [1.82, 2.24) is 4.90 Å². The fourth-order valence-electron chi connectivity index (χ4n) is 3.78. The predicted molar refractivity (Wildman–Crippen MR) is 113 cm³/mol. The van der Waals surface area contributed by atoms with Gasteiger partial charge in [-0.1, -0.05) is 12.1 Å². The van der Waals surface area contributed by atoms with Crippen molar-refractivity contribution in [1.29, 1.82) is 0 Å². The third-order valence-electron chi connectivity index (χ3n) is 5.27. The molecular weight excluding hydrogens is 417 g/mol. The predicted octanol–water partition coefficient (Wildman–Crippen LogP) is 4.06. The number of benzene rings is 2. The first-order valence-electron chi connectivity index (χ1n) is 9.73. The Morgan fingerprint density at radius 1 is 1.09 bits per heavy atom. The molecule has 1 N–H and O–H groups in total. The molecule has 3 aromatic rings. The summed E-state index contributed by atoms with van der Waals surface area (Å²) in [6.45, 7) is -0.00346. The largest absolute Gasteiger partial charge is 0.507 e. The molecule has 7 nitrogen and oxygen atoms in total. The molecule has 2 heterocycles. The van der Waals surface area contributed by atoms with E-state index in [1.54, 1.807) is 36.4 Å². The molecule has 1 fully saturated rings. The zero-order valence-electron chi connectivity index (χ0n) is 17.4. The smallest absolute Gasteiger partial charge is 0.296 e. The zero-order chi connectivity index (χ0) is 22.8. The highest BCUT2D eigenvalue weighted by molar-refractivity contribution is 6.46. The van der Waals surface area contributed by atoms with E-state index in [2.05, 4.69) is 0 Å². The van der Waals surface area contributed by atoms with Crippen molar-refractivity contribution in [3.63, 3.8) is 0 Å². The summed E-state index contributed by atoms with van der Waals surface area (Å²) in [7, 11) is 2.86. The molecule has 4 rings (SSSR count). The first-order valence-corrected chi connectivity index (χ1v) is 9.73. The average Bonchev–Trinajstić information content (AvgIpc) is 3.41. The van der Waals surface area contributed by atoms with Crippen molar-refractivity contribution in [3.8, 4) is 11.5 Å². The standard InChI is InChI=1S/C24H20FNO6/c1-30-16-6-3-5-14(11-16)21-20(22(27)18-12-15(25)8-9-19(18)31-2)23(28)24(29)26(21)13-17-7-4-10-32-17/h3-12,21,27H,13H2,1-2H3/b22-20+. The highest BCUT2D eigenvalue weighted by Gasteiger charge is 2.46. The molecule has 8 heteroatoms. The summed E-state index contributed by atoms with van der Waals surface area (Å²) in [5, 5.41) is 11.1. The molecule has 1 aliphatic heterocycles. The van der Waals surface area contributed by atoms with E-state index in [1.165, 1.54) is 37.5 Å². The van der Waals surface area contributed by atoms with E-state index in [9.17, 15) is 19.1 Å². The number of carbonyl (C=O) groups is 2. The maximum atomic E-state index is 14.0. The summed E-state index contributed by atoms with van der Waals surface area (Å²) in [6, 6.07) is 12.8. The number of Topliss-reactive ketones (excluding diaryl/α,β-unsaturated/α-hetero) is 1. The number of amides is 1. The van der Waals surface area contributed by atoms with Crippen molar-refractivity contribution in [2.75, 3.05) is 14.2 Å². The summed E-state index contributed by atoms with van der Waals surface area (Å²) >= 11 is 0. The van der Waals surface area contributed by atoms with E-state index >= 15 is 0 Å². The number of furan rings is 1. The monoisotopic (exact) mass is 437 g/mol. The minimum absolute atomic E-state index is 0.00346. The second kappa shape index (κ2) is 8.58. The highest BCUT2D eigenvalue weighted by atomic mass is 19.1. The summed E-state index contributed by atoms with van der Waals surface area (Å²) in [5.41, 5.74) is 0.321. The Morgan fingerprint density at radius 2 is 1.91 bits per heavy atom. The molecule has 1 unspecified atom stereocenters. The maximum absolute atomic E-state index is 14.0. The third kappa shape index (κ3) is 3.71. The van der Waals surface area contributed by atoms with Gasteiger partial charge in [0, 0.05) is 0 Å². The van der Waals surface area contributed by atoms with Crippen LogP contribution in [0, 0.1) is 5.82 Å². The second-order valence-electron chi connectivity index (χ2n) is 7.13. The van der Waals surface area contributed by atoms with Crippen LogP contribution in [0.3, 0.4) is 0 Å². The molecule has 0 radical (unpaired) electrons. The van der Waals surface area contributed by atoms with Gasteiger partial charge in [0.25, 0.3) is 11.7 Å². The Bertz CT molecular complexity index is 1200. The summed E-state index contributed by atoms with van der Waals surface area (Å²) in [5.74, 6) is -1.74. The number of nitrogens with zero attached hydrogens (tertiary/aromatic N) is 1. The van der Waals surface area contributed by atoms with Crippen LogP contribution in [0.4, 0.5) is 4.39 Å². The van der Waals surface area contributed by atoms with Gasteiger partial charge in [0.1, 0.15) is 28.8 Å². The number of carbonyl (C=O) groups excluding carboxylic acids is 2. The molecule has 1 atom stereocenters. The highest BCUT2D eigenvalue weighted by Crippen LogP contribution is 2.42. The molecule has 0 bridgehead atoms. The SMILES string of the molecule is COc1cccc(C2/C(=C(\O)c3cc(F)ccc3OC)C(=O)C(=O)N2Cc2ccco2)c1. The molecule has 1 saturated heterocycles. The van der Waals surface area contributed by atoms with Crippen LogP contribution >= 0.6 is 0 Å². The van der Waals surface area contributed by atoms with Crippen LogP contribution in [0.2, 0.25) is 0 Å². The van der Waals surface area contributed by atoms with Crippen LogP contribution in [0.1, 0.15) is 22.9 Å². The Labute approximate surface area is 183 Å². The molecule has 2 aromatic carbocycles. The van der Waals surface area contributed by atoms with Crippen molar-refractivity contribution >= 4 is 17.4 Å². The number of aliphatic hydroxyl groups is 1. The molecule has 164 valence electrons. The van der Waals surface area contributed by atoms with Crippen LogP contribution in [0.5, 0.6) is 11.5 Å². The summed E-state index contributed by atoms with van der Waals surface area (Å²) in [6.07, 6.45) is 1.46. The Morgan fingerprint density at radius 3 is 2.59 bits per heavy atom. The number of methoxy groups -OCH3 is 2. The maximum Gasteiger partial charge on any atom is 0.296 e. The normalized spacial score (nSPS) is 17.6. The van der Waals surface area contributed by atoms with Gasteiger partial charge < -0.3 is 23.9 Å². The quantitative estimate of drug-likeness (QED) is 0.355. The van der Waals surface area contributed by atoms with Gasteiger partial charge in [-0.15, -0.1) is 0 Å². The zero-order valence-corrected chi connectivity index (χ0v) is 17.4. The van der Waals surface area contributed by atoms with E-state index < -0.39 is 29.3 Å². The Balaban J connectivity index is 1.92. The van der Waals surface area contributed by atoms with Crippen LogP contribution in [-0.2, 0) is 16.1 Å². The van der Waals surface area contributed by atoms with Crippen LogP contribution in [-0.4, -0.2) is 35.9 Å². The van der Waals surface area contributed by atoms with E-state index in [1.807, 2.05) is 0 Å². The van der Waals surface area contributed by atoms with Gasteiger partial charge in [0.15, 0.2) is 0 Å². The minimum atomic E-state index is -0.955. The first-order chi connectivity index (χ1) is 15.4. The molecule has 1 aliphatic rings. The molecule has 0 spiro atoms. The van der Waals surface area contributed by atoms with Crippen molar-refractivity contribution in [3.05, 3.63) is 89.1 Å². The van der Waals surface area contributed by atoms with E-state index in [-0.39, 0.29) is 23.4 Å². The van der Waals surface area contributed by atoms with Crippen LogP contribution in [0.15, 0.2) is 70.9 Å². The number of likely N-dealkylation sites (tertiary alicyclic amines) is 1. The topological polar surface area (TPSA) is 89.2 Å². The van der Waals surface area contributed by atoms with Gasteiger partial charge in [-0.05, 0) is 48.0 Å². The number of ketones is 1. The lowest BCUT2D eigenvalue weighted by Crippen LogP contribution is -2.29. The number of halogens is 1. The summed E-state index contributed by atoms with van der Waals surface area (Å²) in [4.78, 5) is 27.4. The van der Waals surface area contributed by atoms with E-state index in [4.69, 9.17) is 13.9 Å². The molecule has 32 heavy (non-hydrogen) atoms. The van der Waals surface area contributed by atoms with Gasteiger partial charge in [0.05, 0.1) is 44.2 Å². The van der Waals surface area contributed by atoms with Gasteiger partial charge >= 0.3 is 0 Å². The van der Waals surface area contributed by atoms with Crippen molar-refractivity contribution < 1.29 is 33.0 Å². The van der Waals surface area contributed by atoms with Crippen molar-refractivity contribution in [2.24, 2.45) is 0 Å². The number of hydrogen-bond acceptors (Lipinski definition) is 6. The lowest BCUT2D eigenvalue weighted by atomic mass is 9.94. The number of rotatable bonds is 6. The van der Waals surface area contributed by atoms with Crippen molar-refractivity contribution in [2.45, 2.75) is 12.6 Å². The van der Waals surface area contributed by atoms with Gasteiger partial charge in [-0.25, -0.2) is 4.39 Å². The fourth-order valence-corrected chi connectivity index (χ4v) is 3.78. The number of aliphatic hydroxyl groups excluding tert-OH is 1. The van der Waals surface area contributed by atoms with E-state index in [0.717, 1.165) is 6.07 Å². The first kappa shape index (κ1) is 21.2. The average molecular weight is 437 g/mol. The molecule has 0 aliphatic carbocycles. The van der Waals surface area contributed by atoms with Gasteiger partial charge in [-0.3, -0.25) is 9.59 Å². The Hall–Kier alpha value is -4.07. The molecule has 0 saturated carbocycles. The minimum Gasteiger partial charge on any atom is -0.507 e.